The molecule has 0 saturated heterocycles. The lowest BCUT2D eigenvalue weighted by atomic mass is 10.1. The molecule has 0 fully saturated rings. The Morgan fingerprint density at radius 3 is 2.86 bits per heavy atom. The molecule has 1 amide bonds. The number of nitrogens with zero attached hydrogens (tertiary/aromatic N) is 3. The Kier molecular flexibility index (Phi) is 4.72. The number of hydrogen-bond acceptors (Lipinski definition) is 4. The van der Waals surface area contributed by atoms with Crippen LogP contribution in [0.3, 0.4) is 0 Å². The molecular formula is C16H18N4O. The molecule has 2 rings (SSSR count). The standard InChI is InChI=1S/C16H18N4O/c1-2-3-8-20(11-15(18)21)16-13(10-17)9-12-6-4-5-7-14(12)19-16/h4-7,9H,2-3,8,11H2,1H3,(H2,18,21). The van der Waals surface area contributed by atoms with E-state index in [-0.39, 0.29) is 6.54 Å². The highest BCUT2D eigenvalue weighted by Gasteiger charge is 2.16. The average molecular weight is 282 g/mol. The van der Waals surface area contributed by atoms with Crippen molar-refractivity contribution in [3.63, 3.8) is 0 Å². The molecule has 108 valence electrons. The van der Waals surface area contributed by atoms with Gasteiger partial charge in [0.2, 0.25) is 5.91 Å². The van der Waals surface area contributed by atoms with E-state index >= 15 is 0 Å². The molecule has 5 heteroatoms. The number of pyridine rings is 1. The van der Waals surface area contributed by atoms with Crippen LogP contribution in [0, 0.1) is 11.3 Å². The predicted octanol–water partition coefficient (Wildman–Crippen LogP) is 2.20. The van der Waals surface area contributed by atoms with Crippen molar-refractivity contribution in [1.29, 1.82) is 5.26 Å². The number of anilines is 1. The number of hydrogen-bond donors (Lipinski definition) is 1. The number of carbonyl (C=O) groups excluding carboxylic acids is 1. The third kappa shape index (κ3) is 3.48. The number of unbranched alkanes of at least 4 members (excludes halogenated alkanes) is 1. The van der Waals surface area contributed by atoms with Gasteiger partial charge in [-0.2, -0.15) is 5.26 Å². The van der Waals surface area contributed by atoms with Crippen LogP contribution in [-0.4, -0.2) is 24.0 Å². The van der Waals surface area contributed by atoms with Gasteiger partial charge in [0.1, 0.15) is 11.9 Å². The number of carbonyl (C=O) groups is 1. The average Bonchev–Trinajstić information content (AvgIpc) is 2.49. The van der Waals surface area contributed by atoms with Crippen molar-refractivity contribution >= 4 is 22.6 Å². The van der Waals surface area contributed by atoms with E-state index in [1.807, 2.05) is 24.3 Å². The summed E-state index contributed by atoms with van der Waals surface area (Å²) in [4.78, 5) is 17.6. The number of aromatic nitrogens is 1. The van der Waals surface area contributed by atoms with Crippen LogP contribution in [0.4, 0.5) is 5.82 Å². The Balaban J connectivity index is 2.49. The fourth-order valence-electron chi connectivity index (χ4n) is 2.23. The minimum Gasteiger partial charge on any atom is -0.368 e. The highest BCUT2D eigenvalue weighted by molar-refractivity contribution is 5.85. The molecule has 2 N–H and O–H groups in total. The third-order valence-electron chi connectivity index (χ3n) is 3.25. The second-order valence-corrected chi connectivity index (χ2v) is 4.91. The summed E-state index contributed by atoms with van der Waals surface area (Å²) < 4.78 is 0. The Morgan fingerprint density at radius 2 is 2.19 bits per heavy atom. The van der Waals surface area contributed by atoms with E-state index in [9.17, 15) is 10.1 Å². The molecule has 0 aliphatic heterocycles. The maximum atomic E-state index is 11.3. The minimum atomic E-state index is -0.426. The van der Waals surface area contributed by atoms with Crippen molar-refractivity contribution in [2.24, 2.45) is 5.73 Å². The molecule has 0 unspecified atom stereocenters. The number of para-hydroxylation sites is 1. The van der Waals surface area contributed by atoms with Gasteiger partial charge in [0, 0.05) is 11.9 Å². The Morgan fingerprint density at radius 1 is 1.43 bits per heavy atom. The van der Waals surface area contributed by atoms with Gasteiger partial charge >= 0.3 is 0 Å². The van der Waals surface area contributed by atoms with Crippen LogP contribution in [0.2, 0.25) is 0 Å². The summed E-state index contributed by atoms with van der Waals surface area (Å²) in [7, 11) is 0. The maximum absolute atomic E-state index is 11.3. The van der Waals surface area contributed by atoms with E-state index in [0.717, 1.165) is 23.7 Å². The molecule has 0 spiro atoms. The summed E-state index contributed by atoms with van der Waals surface area (Å²) in [5.74, 6) is 0.105. The van der Waals surface area contributed by atoms with E-state index in [1.165, 1.54) is 0 Å². The molecule has 0 radical (unpaired) electrons. The molecule has 2 aromatic rings. The van der Waals surface area contributed by atoms with Gasteiger partial charge in [-0.15, -0.1) is 0 Å². The van der Waals surface area contributed by atoms with Crippen LogP contribution in [0.5, 0.6) is 0 Å². The van der Waals surface area contributed by atoms with Crippen molar-refractivity contribution in [1.82, 2.24) is 4.98 Å². The van der Waals surface area contributed by atoms with Gasteiger partial charge in [-0.25, -0.2) is 4.98 Å². The Hall–Kier alpha value is -2.61. The summed E-state index contributed by atoms with van der Waals surface area (Å²) in [5, 5.41) is 10.3. The molecule has 0 saturated carbocycles. The zero-order chi connectivity index (χ0) is 15.2. The van der Waals surface area contributed by atoms with Gasteiger partial charge in [-0.1, -0.05) is 31.5 Å². The lowest BCUT2D eigenvalue weighted by Crippen LogP contribution is -2.35. The smallest absolute Gasteiger partial charge is 0.236 e. The summed E-state index contributed by atoms with van der Waals surface area (Å²) in [6.07, 6.45) is 1.90. The lowest BCUT2D eigenvalue weighted by molar-refractivity contribution is -0.116. The van der Waals surface area contributed by atoms with Gasteiger partial charge in [-0.3, -0.25) is 4.79 Å². The van der Waals surface area contributed by atoms with Gasteiger partial charge in [0.25, 0.3) is 0 Å². The quantitative estimate of drug-likeness (QED) is 0.880. The number of primary amides is 1. The highest BCUT2D eigenvalue weighted by atomic mass is 16.1. The molecule has 0 aliphatic carbocycles. The molecule has 1 aromatic carbocycles. The lowest BCUT2D eigenvalue weighted by Gasteiger charge is -2.23. The van der Waals surface area contributed by atoms with Crippen LogP contribution in [-0.2, 0) is 4.79 Å². The van der Waals surface area contributed by atoms with E-state index in [0.29, 0.717) is 17.9 Å². The molecule has 21 heavy (non-hydrogen) atoms. The van der Waals surface area contributed by atoms with Crippen molar-refractivity contribution in [3.05, 3.63) is 35.9 Å². The fraction of sp³-hybridized carbons (Fsp3) is 0.312. The van der Waals surface area contributed by atoms with Crippen molar-refractivity contribution < 1.29 is 4.79 Å². The first-order valence-electron chi connectivity index (χ1n) is 6.99. The number of nitriles is 1. The first-order chi connectivity index (χ1) is 10.2. The number of rotatable bonds is 6. The zero-order valence-corrected chi connectivity index (χ0v) is 12.0. The van der Waals surface area contributed by atoms with Crippen LogP contribution >= 0.6 is 0 Å². The van der Waals surface area contributed by atoms with Crippen LogP contribution in [0.25, 0.3) is 10.9 Å². The number of nitrogens with two attached hydrogens (primary N) is 1. The monoisotopic (exact) mass is 282 g/mol. The molecule has 1 heterocycles. The van der Waals surface area contributed by atoms with Gasteiger partial charge in [0.05, 0.1) is 17.6 Å². The Bertz CT molecular complexity index is 690. The largest absolute Gasteiger partial charge is 0.368 e. The molecule has 0 aliphatic rings. The van der Waals surface area contributed by atoms with E-state index in [4.69, 9.17) is 5.73 Å². The third-order valence-corrected chi connectivity index (χ3v) is 3.25. The molecule has 1 aromatic heterocycles. The zero-order valence-electron chi connectivity index (χ0n) is 12.0. The van der Waals surface area contributed by atoms with E-state index in [1.54, 1.807) is 11.0 Å². The second kappa shape index (κ2) is 6.71. The van der Waals surface area contributed by atoms with Crippen molar-refractivity contribution in [2.45, 2.75) is 19.8 Å². The van der Waals surface area contributed by atoms with Crippen LogP contribution < -0.4 is 10.6 Å². The molecular weight excluding hydrogens is 264 g/mol. The Labute approximate surface area is 124 Å². The topological polar surface area (TPSA) is 83.0 Å². The first kappa shape index (κ1) is 14.8. The van der Waals surface area contributed by atoms with Crippen LogP contribution in [0.15, 0.2) is 30.3 Å². The first-order valence-corrected chi connectivity index (χ1v) is 6.99. The fourth-order valence-corrected chi connectivity index (χ4v) is 2.23. The summed E-state index contributed by atoms with van der Waals surface area (Å²) in [6, 6.07) is 11.6. The molecule has 0 bridgehead atoms. The normalized spacial score (nSPS) is 10.3. The van der Waals surface area contributed by atoms with Gasteiger partial charge < -0.3 is 10.6 Å². The highest BCUT2D eigenvalue weighted by Crippen LogP contribution is 2.23. The maximum Gasteiger partial charge on any atom is 0.236 e. The van der Waals surface area contributed by atoms with Crippen LogP contribution in [0.1, 0.15) is 25.3 Å². The minimum absolute atomic E-state index is 0.0695. The van der Waals surface area contributed by atoms with Gasteiger partial charge in [-0.05, 0) is 18.6 Å². The summed E-state index contributed by atoms with van der Waals surface area (Å²) >= 11 is 0. The van der Waals surface area contributed by atoms with Crippen molar-refractivity contribution in [2.75, 3.05) is 18.0 Å². The number of fused-ring (bicyclic) bond motifs is 1. The van der Waals surface area contributed by atoms with E-state index < -0.39 is 5.91 Å². The number of benzene rings is 1. The summed E-state index contributed by atoms with van der Waals surface area (Å²) in [6.45, 7) is 2.79. The summed E-state index contributed by atoms with van der Waals surface area (Å²) in [5.41, 5.74) is 6.58. The SMILES string of the molecule is CCCCN(CC(N)=O)c1nc2ccccc2cc1C#N. The second-order valence-electron chi connectivity index (χ2n) is 4.91. The van der Waals surface area contributed by atoms with Gasteiger partial charge in [0.15, 0.2) is 0 Å². The van der Waals surface area contributed by atoms with E-state index in [2.05, 4.69) is 18.0 Å². The molecule has 5 nitrogen and oxygen atoms in total. The predicted molar refractivity (Wildman–Crippen MR) is 82.8 cm³/mol. The number of amides is 1. The molecule has 0 atom stereocenters. The van der Waals surface area contributed by atoms with Crippen molar-refractivity contribution in [3.8, 4) is 6.07 Å².